The molecule has 5 nitrogen and oxygen atoms in total. The lowest BCUT2D eigenvalue weighted by Crippen LogP contribution is -2.37. The molecule has 0 aromatic heterocycles. The summed E-state index contributed by atoms with van der Waals surface area (Å²) in [5.74, 6) is 0.835. The molecular formula is C16H22N2O3. The predicted molar refractivity (Wildman–Crippen MR) is 81.4 cm³/mol. The Hall–Kier alpha value is -2.04. The maximum absolute atomic E-state index is 12.1. The van der Waals surface area contributed by atoms with Gasteiger partial charge in [0, 0.05) is 25.1 Å². The second-order valence-corrected chi connectivity index (χ2v) is 5.27. The Bertz CT molecular complexity index is 499. The van der Waals surface area contributed by atoms with Crippen LogP contribution in [0.25, 0.3) is 0 Å². The SMILES string of the molecule is CCCCC(=O)N[C@@H]1CC(=O)N(c2ccc(OC)cc2)C1. The molecular weight excluding hydrogens is 268 g/mol. The molecule has 1 heterocycles. The van der Waals surface area contributed by atoms with Crippen LogP contribution in [0.1, 0.15) is 32.6 Å². The van der Waals surface area contributed by atoms with Crippen molar-refractivity contribution in [3.8, 4) is 5.75 Å². The van der Waals surface area contributed by atoms with Gasteiger partial charge < -0.3 is 15.0 Å². The highest BCUT2D eigenvalue weighted by Gasteiger charge is 2.31. The van der Waals surface area contributed by atoms with Gasteiger partial charge in [0.05, 0.1) is 13.2 Å². The van der Waals surface area contributed by atoms with E-state index in [1.165, 1.54) is 0 Å². The predicted octanol–water partition coefficient (Wildman–Crippen LogP) is 2.11. The smallest absolute Gasteiger partial charge is 0.229 e. The number of methoxy groups -OCH3 is 1. The van der Waals surface area contributed by atoms with Crippen molar-refractivity contribution in [1.29, 1.82) is 0 Å². The largest absolute Gasteiger partial charge is 0.497 e. The molecule has 0 unspecified atom stereocenters. The molecule has 5 heteroatoms. The van der Waals surface area contributed by atoms with Gasteiger partial charge in [0.2, 0.25) is 11.8 Å². The van der Waals surface area contributed by atoms with E-state index in [1.54, 1.807) is 12.0 Å². The highest BCUT2D eigenvalue weighted by molar-refractivity contribution is 5.96. The molecule has 0 radical (unpaired) electrons. The van der Waals surface area contributed by atoms with Crippen molar-refractivity contribution >= 4 is 17.5 Å². The van der Waals surface area contributed by atoms with Gasteiger partial charge in [0.15, 0.2) is 0 Å². The van der Waals surface area contributed by atoms with Crippen molar-refractivity contribution in [2.75, 3.05) is 18.6 Å². The fraction of sp³-hybridized carbons (Fsp3) is 0.500. The highest BCUT2D eigenvalue weighted by atomic mass is 16.5. The number of unbranched alkanes of at least 4 members (excludes halogenated alkanes) is 1. The van der Waals surface area contributed by atoms with Crippen LogP contribution in [0.2, 0.25) is 0 Å². The molecule has 1 aliphatic heterocycles. The van der Waals surface area contributed by atoms with Crippen molar-refractivity contribution in [1.82, 2.24) is 5.32 Å². The highest BCUT2D eigenvalue weighted by Crippen LogP contribution is 2.24. The minimum absolute atomic E-state index is 0.0335. The first-order chi connectivity index (χ1) is 10.1. The average molecular weight is 290 g/mol. The Morgan fingerprint density at radius 2 is 2.10 bits per heavy atom. The molecule has 1 aliphatic rings. The standard InChI is InChI=1S/C16H22N2O3/c1-3-4-5-15(19)17-12-10-16(20)18(11-12)13-6-8-14(21-2)9-7-13/h6-9,12H,3-5,10-11H2,1-2H3,(H,17,19)/t12-/m1/s1. The molecule has 21 heavy (non-hydrogen) atoms. The van der Waals surface area contributed by atoms with Gasteiger partial charge in [-0.3, -0.25) is 9.59 Å². The maximum Gasteiger partial charge on any atom is 0.229 e. The first-order valence-corrected chi connectivity index (χ1v) is 7.37. The number of hydrogen-bond donors (Lipinski definition) is 1. The molecule has 2 amide bonds. The Morgan fingerprint density at radius 3 is 2.71 bits per heavy atom. The molecule has 1 N–H and O–H groups in total. The number of ether oxygens (including phenoxy) is 1. The van der Waals surface area contributed by atoms with Gasteiger partial charge in [-0.25, -0.2) is 0 Å². The van der Waals surface area contributed by atoms with Gasteiger partial charge in [0.25, 0.3) is 0 Å². The molecule has 1 saturated heterocycles. The Balaban J connectivity index is 1.94. The van der Waals surface area contributed by atoms with Crippen molar-refractivity contribution in [2.24, 2.45) is 0 Å². The van der Waals surface area contributed by atoms with Crippen molar-refractivity contribution in [3.05, 3.63) is 24.3 Å². The van der Waals surface area contributed by atoms with E-state index in [-0.39, 0.29) is 17.9 Å². The number of carbonyl (C=O) groups is 2. The minimum Gasteiger partial charge on any atom is -0.497 e. The zero-order valence-electron chi connectivity index (χ0n) is 12.6. The molecule has 1 atom stereocenters. The van der Waals surface area contributed by atoms with Crippen LogP contribution in [0.3, 0.4) is 0 Å². The molecule has 0 saturated carbocycles. The fourth-order valence-corrected chi connectivity index (χ4v) is 2.45. The van der Waals surface area contributed by atoms with Gasteiger partial charge in [-0.15, -0.1) is 0 Å². The number of rotatable bonds is 6. The summed E-state index contributed by atoms with van der Waals surface area (Å²) in [5, 5.41) is 2.94. The van der Waals surface area contributed by atoms with Crippen LogP contribution in [-0.4, -0.2) is 31.5 Å². The van der Waals surface area contributed by atoms with E-state index >= 15 is 0 Å². The molecule has 0 aliphatic carbocycles. The number of carbonyl (C=O) groups excluding carboxylic acids is 2. The topological polar surface area (TPSA) is 58.6 Å². The van der Waals surface area contributed by atoms with Crippen LogP contribution >= 0.6 is 0 Å². The van der Waals surface area contributed by atoms with E-state index in [9.17, 15) is 9.59 Å². The summed E-state index contributed by atoms with van der Waals surface area (Å²) in [6, 6.07) is 7.28. The summed E-state index contributed by atoms with van der Waals surface area (Å²) in [7, 11) is 1.61. The van der Waals surface area contributed by atoms with E-state index in [2.05, 4.69) is 12.2 Å². The zero-order chi connectivity index (χ0) is 15.2. The summed E-state index contributed by atoms with van der Waals surface area (Å²) in [6.07, 6.45) is 2.78. The van der Waals surface area contributed by atoms with Gasteiger partial charge >= 0.3 is 0 Å². The summed E-state index contributed by atoms with van der Waals surface area (Å²) in [6.45, 7) is 2.58. The van der Waals surface area contributed by atoms with E-state index in [0.717, 1.165) is 24.3 Å². The van der Waals surface area contributed by atoms with Crippen LogP contribution in [0.15, 0.2) is 24.3 Å². The van der Waals surface area contributed by atoms with E-state index in [1.807, 2.05) is 24.3 Å². The Labute approximate surface area is 125 Å². The van der Waals surface area contributed by atoms with Crippen LogP contribution in [0.5, 0.6) is 5.75 Å². The number of nitrogens with one attached hydrogen (secondary N) is 1. The third-order valence-corrected chi connectivity index (χ3v) is 3.63. The fourth-order valence-electron chi connectivity index (χ4n) is 2.45. The number of nitrogens with zero attached hydrogens (tertiary/aromatic N) is 1. The van der Waals surface area contributed by atoms with Crippen molar-refractivity contribution < 1.29 is 14.3 Å². The normalized spacial score (nSPS) is 17.9. The molecule has 1 aromatic rings. The average Bonchev–Trinajstić information content (AvgIpc) is 2.85. The Kier molecular flexibility index (Phi) is 5.20. The van der Waals surface area contributed by atoms with Crippen LogP contribution < -0.4 is 15.0 Å². The molecule has 2 rings (SSSR count). The Morgan fingerprint density at radius 1 is 1.38 bits per heavy atom. The van der Waals surface area contributed by atoms with Gasteiger partial charge in [-0.05, 0) is 30.7 Å². The molecule has 0 bridgehead atoms. The number of hydrogen-bond acceptors (Lipinski definition) is 3. The van der Waals surface area contributed by atoms with E-state index in [4.69, 9.17) is 4.74 Å². The zero-order valence-corrected chi connectivity index (χ0v) is 12.6. The number of amides is 2. The second-order valence-electron chi connectivity index (χ2n) is 5.27. The van der Waals surface area contributed by atoms with Gasteiger partial charge in [-0.2, -0.15) is 0 Å². The van der Waals surface area contributed by atoms with Gasteiger partial charge in [0.1, 0.15) is 5.75 Å². The first-order valence-electron chi connectivity index (χ1n) is 7.37. The van der Waals surface area contributed by atoms with Crippen LogP contribution in [0.4, 0.5) is 5.69 Å². The lowest BCUT2D eigenvalue weighted by atomic mass is 10.2. The first kappa shape index (κ1) is 15.4. The molecule has 1 fully saturated rings. The molecule has 1 aromatic carbocycles. The second kappa shape index (κ2) is 7.11. The van der Waals surface area contributed by atoms with Crippen molar-refractivity contribution in [2.45, 2.75) is 38.6 Å². The van der Waals surface area contributed by atoms with Crippen molar-refractivity contribution in [3.63, 3.8) is 0 Å². The minimum atomic E-state index is -0.0936. The summed E-state index contributed by atoms with van der Waals surface area (Å²) in [4.78, 5) is 25.5. The quantitative estimate of drug-likeness (QED) is 0.873. The lowest BCUT2D eigenvalue weighted by molar-refractivity contribution is -0.121. The molecule has 0 spiro atoms. The summed E-state index contributed by atoms with van der Waals surface area (Å²) in [5.41, 5.74) is 0.839. The van der Waals surface area contributed by atoms with Crippen LogP contribution in [0, 0.1) is 0 Å². The van der Waals surface area contributed by atoms with E-state index in [0.29, 0.717) is 19.4 Å². The monoisotopic (exact) mass is 290 g/mol. The number of benzene rings is 1. The van der Waals surface area contributed by atoms with Gasteiger partial charge in [-0.1, -0.05) is 13.3 Å². The van der Waals surface area contributed by atoms with Crippen LogP contribution in [-0.2, 0) is 9.59 Å². The molecule has 114 valence electrons. The summed E-state index contributed by atoms with van der Waals surface area (Å²) < 4.78 is 5.11. The van der Waals surface area contributed by atoms with E-state index < -0.39 is 0 Å². The summed E-state index contributed by atoms with van der Waals surface area (Å²) >= 11 is 0. The third-order valence-electron chi connectivity index (χ3n) is 3.63. The lowest BCUT2D eigenvalue weighted by Gasteiger charge is -2.17. The number of anilines is 1. The third kappa shape index (κ3) is 3.97. The maximum atomic E-state index is 12.1.